The average molecular weight is 526 g/mol. The summed E-state index contributed by atoms with van der Waals surface area (Å²) >= 11 is 2.94. The Labute approximate surface area is 198 Å². The van der Waals surface area contributed by atoms with Crippen LogP contribution < -0.4 is 5.32 Å². The molecule has 0 aliphatic rings. The van der Waals surface area contributed by atoms with Crippen molar-refractivity contribution in [3.63, 3.8) is 0 Å². The van der Waals surface area contributed by atoms with Gasteiger partial charge in [0.05, 0.1) is 25.4 Å². The Morgan fingerprint density at radius 2 is 1.52 bits per heavy atom. The molecule has 0 spiro atoms. The van der Waals surface area contributed by atoms with E-state index in [0.29, 0.717) is 13.0 Å². The van der Waals surface area contributed by atoms with E-state index in [2.05, 4.69) is 27.7 Å². The van der Waals surface area contributed by atoms with Gasteiger partial charge in [-0.15, -0.1) is 0 Å². The van der Waals surface area contributed by atoms with Crippen LogP contribution in [-0.4, -0.2) is 36.4 Å². The summed E-state index contributed by atoms with van der Waals surface area (Å²) in [6.45, 7) is 5.71. The fourth-order valence-electron chi connectivity index (χ4n) is 3.19. The van der Waals surface area contributed by atoms with Gasteiger partial charge in [0.15, 0.2) is 0 Å². The fourth-order valence-corrected chi connectivity index (χ4v) is 4.79. The van der Waals surface area contributed by atoms with Crippen LogP contribution in [0.5, 0.6) is 0 Å². The molecular weight excluding hydrogens is 481 g/mol. The number of hydrogen-bond acceptors (Lipinski definition) is 5. The van der Waals surface area contributed by atoms with E-state index >= 15 is 0 Å². The molecule has 1 unspecified atom stereocenters. The van der Waals surface area contributed by atoms with Gasteiger partial charge >= 0.3 is 6.30 Å². The number of halogens is 1. The monoisotopic (exact) mass is 525 g/mol. The van der Waals surface area contributed by atoms with Crippen molar-refractivity contribution in [2.75, 3.05) is 13.2 Å². The number of aliphatic hydroxyl groups excluding tert-OH is 1. The molecule has 0 aliphatic heterocycles. The van der Waals surface area contributed by atoms with Crippen molar-refractivity contribution in [3.05, 3.63) is 12.2 Å². The number of carbonyl (C=O) groups excluding carboxylic acids is 1. The highest BCUT2D eigenvalue weighted by Gasteiger charge is 2.25. The number of nitrogens with one attached hydrogen (secondary N) is 1. The molecule has 6 nitrogen and oxygen atoms in total. The lowest BCUT2D eigenvalue weighted by Gasteiger charge is -2.22. The highest BCUT2D eigenvalue weighted by Crippen LogP contribution is 2.56. The molecule has 3 atom stereocenters. The molecule has 0 heterocycles. The quantitative estimate of drug-likeness (QED) is 0.0951. The molecular formula is C23H45BrNO5P. The third-order valence-corrected chi connectivity index (χ3v) is 7.14. The number of carbonyl (C=O) groups is 1. The largest absolute Gasteiger partial charge is 0.396 e. The van der Waals surface area contributed by atoms with Crippen LogP contribution in [-0.2, 0) is 18.4 Å². The molecule has 2 N–H and O–H groups in total. The molecule has 8 heteroatoms. The Kier molecular flexibility index (Phi) is 20.3. The maximum absolute atomic E-state index is 12.1. The highest BCUT2D eigenvalue weighted by atomic mass is 79.9. The number of allylic oxidation sites excluding steroid dienone is 1. The zero-order valence-corrected chi connectivity index (χ0v) is 22.3. The number of hydrogen-bond donors (Lipinski definition) is 2. The topological polar surface area (TPSA) is 84.9 Å². The molecule has 0 aromatic heterocycles. The van der Waals surface area contributed by atoms with Gasteiger partial charge in [0.2, 0.25) is 5.91 Å². The van der Waals surface area contributed by atoms with E-state index in [4.69, 9.17) is 9.05 Å². The molecule has 0 bridgehead atoms. The van der Waals surface area contributed by atoms with Crippen LogP contribution >= 0.6 is 21.8 Å². The highest BCUT2D eigenvalue weighted by molar-refractivity contribution is 9.39. The van der Waals surface area contributed by atoms with Crippen LogP contribution in [0.1, 0.15) is 104 Å². The van der Waals surface area contributed by atoms with E-state index in [1.807, 2.05) is 13.0 Å². The molecule has 0 saturated carbocycles. The van der Waals surface area contributed by atoms with Gasteiger partial charge < -0.3 is 14.9 Å². The minimum Gasteiger partial charge on any atom is -0.387 e. The van der Waals surface area contributed by atoms with Crippen LogP contribution in [0.15, 0.2) is 12.2 Å². The van der Waals surface area contributed by atoms with Crippen LogP contribution in [0.3, 0.4) is 0 Å². The first-order valence-corrected chi connectivity index (χ1v) is 15.6. The Hall–Kier alpha value is -0.200. The SMILES string of the molecule is CCCCCCCCCCCCC/C=C/[C@@H](O)[C@H](COP(=O)(Br)OCCC)NC(C)=O. The van der Waals surface area contributed by atoms with E-state index < -0.39 is 18.4 Å². The van der Waals surface area contributed by atoms with E-state index in [1.54, 1.807) is 6.08 Å². The molecule has 0 radical (unpaired) electrons. The van der Waals surface area contributed by atoms with Crippen LogP contribution in [0, 0.1) is 0 Å². The predicted molar refractivity (Wildman–Crippen MR) is 133 cm³/mol. The summed E-state index contributed by atoms with van der Waals surface area (Å²) in [5.41, 5.74) is 0. The van der Waals surface area contributed by atoms with Gasteiger partial charge in [-0.2, -0.15) is 0 Å². The Balaban J connectivity index is 4.03. The number of amides is 1. The second-order valence-electron chi connectivity index (χ2n) is 8.11. The van der Waals surface area contributed by atoms with Gasteiger partial charge in [-0.3, -0.25) is 9.32 Å². The summed E-state index contributed by atoms with van der Waals surface area (Å²) in [6, 6.07) is -0.692. The number of aliphatic hydroxyl groups is 1. The molecule has 0 aliphatic carbocycles. The second-order valence-corrected chi connectivity index (χ2v) is 12.1. The van der Waals surface area contributed by atoms with E-state index in [9.17, 15) is 14.5 Å². The smallest absolute Gasteiger partial charge is 0.387 e. The lowest BCUT2D eigenvalue weighted by Crippen LogP contribution is -2.44. The van der Waals surface area contributed by atoms with Gasteiger partial charge in [-0.1, -0.05) is 90.2 Å². The minimum absolute atomic E-state index is 0.115. The van der Waals surface area contributed by atoms with Gasteiger partial charge in [0, 0.05) is 22.4 Å². The zero-order valence-electron chi connectivity index (χ0n) is 19.8. The Morgan fingerprint density at radius 3 is 2.03 bits per heavy atom. The molecule has 0 saturated heterocycles. The normalized spacial score (nSPS) is 15.6. The minimum atomic E-state index is -3.38. The summed E-state index contributed by atoms with van der Waals surface area (Å²) in [4.78, 5) is 11.4. The lowest BCUT2D eigenvalue weighted by atomic mass is 10.0. The van der Waals surface area contributed by atoms with Crippen molar-refractivity contribution in [1.29, 1.82) is 0 Å². The zero-order chi connectivity index (χ0) is 23.4. The van der Waals surface area contributed by atoms with E-state index in [1.165, 1.54) is 71.1 Å². The molecule has 184 valence electrons. The summed E-state index contributed by atoms with van der Waals surface area (Å²) in [5.74, 6) is -0.287. The van der Waals surface area contributed by atoms with Crippen molar-refractivity contribution in [2.45, 2.75) is 116 Å². The number of unbranched alkanes of at least 4 members (excludes halogenated alkanes) is 11. The molecule has 0 rings (SSSR count). The van der Waals surface area contributed by atoms with Crippen LogP contribution in [0.2, 0.25) is 0 Å². The van der Waals surface area contributed by atoms with Gasteiger partial charge in [-0.05, 0) is 19.3 Å². The third-order valence-electron chi connectivity index (χ3n) is 4.97. The van der Waals surface area contributed by atoms with Gasteiger partial charge in [-0.25, -0.2) is 4.57 Å². The first kappa shape index (κ1) is 30.8. The summed E-state index contributed by atoms with van der Waals surface area (Å²) in [6.07, 6.45) is 15.2. The van der Waals surface area contributed by atoms with E-state index in [-0.39, 0.29) is 12.5 Å². The Morgan fingerprint density at radius 1 is 0.968 bits per heavy atom. The Bertz CT molecular complexity index is 518. The predicted octanol–water partition coefficient (Wildman–Crippen LogP) is 7.06. The summed E-state index contributed by atoms with van der Waals surface area (Å²) < 4.78 is 22.5. The molecule has 0 fully saturated rings. The molecule has 0 aromatic carbocycles. The maximum Gasteiger partial charge on any atom is 0.396 e. The molecule has 0 aromatic rings. The summed E-state index contributed by atoms with van der Waals surface area (Å²) in [5, 5.41) is 13.0. The first-order valence-electron chi connectivity index (χ1n) is 12.0. The van der Waals surface area contributed by atoms with Gasteiger partial charge in [0.1, 0.15) is 0 Å². The van der Waals surface area contributed by atoms with Crippen molar-refractivity contribution in [1.82, 2.24) is 5.32 Å². The molecule has 1 amide bonds. The van der Waals surface area contributed by atoms with E-state index in [0.717, 1.165) is 12.8 Å². The standard InChI is InChI=1S/C23H45BrNO5P/c1-4-6-7-8-9-10-11-12-13-14-15-16-17-18-23(27)22(25-21(3)26)20-30-31(24,28)29-19-5-2/h17-18,22-23,27H,4-16,19-20H2,1-3H3,(H,25,26)/b18-17+/t22-,23+,31?/m0/s1. The molecule has 31 heavy (non-hydrogen) atoms. The van der Waals surface area contributed by atoms with Crippen molar-refractivity contribution in [2.24, 2.45) is 0 Å². The fraction of sp³-hybridized carbons (Fsp3) is 0.870. The van der Waals surface area contributed by atoms with Crippen LogP contribution in [0.25, 0.3) is 0 Å². The van der Waals surface area contributed by atoms with Crippen molar-refractivity contribution >= 4 is 27.7 Å². The summed E-state index contributed by atoms with van der Waals surface area (Å²) in [7, 11) is 0. The van der Waals surface area contributed by atoms with Crippen molar-refractivity contribution < 1.29 is 23.5 Å². The average Bonchev–Trinajstić information content (AvgIpc) is 2.72. The van der Waals surface area contributed by atoms with Crippen molar-refractivity contribution in [3.8, 4) is 0 Å². The first-order chi connectivity index (χ1) is 14.8. The lowest BCUT2D eigenvalue weighted by molar-refractivity contribution is -0.120. The second kappa shape index (κ2) is 20.4. The maximum atomic E-state index is 12.1. The third kappa shape index (κ3) is 20.2. The van der Waals surface area contributed by atoms with Gasteiger partial charge in [0.25, 0.3) is 0 Å². The number of rotatable bonds is 21. The van der Waals surface area contributed by atoms with Crippen LogP contribution in [0.4, 0.5) is 0 Å².